The van der Waals surface area contributed by atoms with Crippen LogP contribution in [0.4, 0.5) is 13.2 Å². The molecule has 1 aromatic heterocycles. The summed E-state index contributed by atoms with van der Waals surface area (Å²) in [6.07, 6.45) is 7.38. The van der Waals surface area contributed by atoms with Gasteiger partial charge in [0.2, 0.25) is 0 Å². The van der Waals surface area contributed by atoms with Gasteiger partial charge in [0.25, 0.3) is 0 Å². The number of nitrogens with zero attached hydrogens (tertiary/aromatic N) is 1. The van der Waals surface area contributed by atoms with Crippen molar-refractivity contribution in [2.75, 3.05) is 0 Å². The monoisotopic (exact) mass is 416 g/mol. The fraction of sp³-hybridized carbons (Fsp3) is 0.261. The van der Waals surface area contributed by atoms with Crippen molar-refractivity contribution in [2.45, 2.75) is 37.9 Å². The molecule has 0 saturated heterocycles. The van der Waals surface area contributed by atoms with E-state index in [1.54, 1.807) is 24.5 Å². The predicted molar refractivity (Wildman–Crippen MR) is 113 cm³/mol. The molecule has 0 bridgehead atoms. The first-order valence-electron chi connectivity index (χ1n) is 9.19. The van der Waals surface area contributed by atoms with E-state index in [4.69, 9.17) is 0 Å². The second kappa shape index (κ2) is 11.5. The van der Waals surface area contributed by atoms with E-state index in [1.807, 2.05) is 31.2 Å². The van der Waals surface area contributed by atoms with Crippen LogP contribution < -0.4 is 4.72 Å². The zero-order valence-electron chi connectivity index (χ0n) is 16.3. The summed E-state index contributed by atoms with van der Waals surface area (Å²) >= 11 is 0.958. The quantitative estimate of drug-likeness (QED) is 0.321. The van der Waals surface area contributed by atoms with Crippen molar-refractivity contribution in [1.29, 1.82) is 0 Å². The zero-order valence-corrected chi connectivity index (χ0v) is 17.1. The van der Waals surface area contributed by atoms with Crippen molar-refractivity contribution in [2.24, 2.45) is 5.92 Å². The van der Waals surface area contributed by atoms with Crippen LogP contribution in [0, 0.1) is 17.8 Å². The third kappa shape index (κ3) is 8.18. The molecule has 2 rings (SSSR count). The van der Waals surface area contributed by atoms with E-state index in [0.29, 0.717) is 18.0 Å². The second-order valence-corrected chi connectivity index (χ2v) is 7.33. The largest absolute Gasteiger partial charge is 0.417 e. The van der Waals surface area contributed by atoms with Crippen molar-refractivity contribution in [1.82, 2.24) is 9.71 Å². The molecule has 0 aliphatic heterocycles. The van der Waals surface area contributed by atoms with Crippen molar-refractivity contribution in [3.8, 4) is 11.8 Å². The van der Waals surface area contributed by atoms with Crippen LogP contribution in [0.5, 0.6) is 0 Å². The maximum Gasteiger partial charge on any atom is 0.417 e. The van der Waals surface area contributed by atoms with Gasteiger partial charge in [-0.2, -0.15) is 13.2 Å². The molecule has 1 unspecified atom stereocenters. The number of rotatable bonds is 7. The number of nitrogens with one attached hydrogen (secondary N) is 1. The van der Waals surface area contributed by atoms with Crippen molar-refractivity contribution in [3.63, 3.8) is 0 Å². The highest BCUT2D eigenvalue weighted by molar-refractivity contribution is 7.97. The van der Waals surface area contributed by atoms with Gasteiger partial charge >= 0.3 is 6.18 Å². The minimum absolute atomic E-state index is 0.118. The van der Waals surface area contributed by atoms with Crippen LogP contribution >= 0.6 is 11.9 Å². The van der Waals surface area contributed by atoms with Gasteiger partial charge in [0, 0.05) is 29.4 Å². The standard InChI is InChI=1S/C23H23F3N2S/c1-3-7-18(2)8-5-4-6-9-19-10-11-22(21(16-19)23(24,25)26)29-28-17-20-12-14-27-15-13-20/h3-5,7,10-16,18,28H,8,17H2,1-2H3/b5-4+,7-3-. The molecule has 6 heteroatoms. The van der Waals surface area contributed by atoms with Gasteiger partial charge in [-0.3, -0.25) is 9.71 Å². The van der Waals surface area contributed by atoms with Gasteiger partial charge in [0.1, 0.15) is 0 Å². The lowest BCUT2D eigenvalue weighted by atomic mass is 10.1. The highest BCUT2D eigenvalue weighted by Crippen LogP contribution is 2.36. The Kier molecular flexibility index (Phi) is 9.04. The minimum atomic E-state index is -4.45. The van der Waals surface area contributed by atoms with Crippen LogP contribution in [-0.4, -0.2) is 4.98 Å². The molecule has 0 radical (unpaired) electrons. The molecule has 0 aliphatic carbocycles. The summed E-state index contributed by atoms with van der Waals surface area (Å²) in [4.78, 5) is 4.03. The number of pyridine rings is 1. The normalized spacial score (nSPS) is 12.9. The predicted octanol–water partition coefficient (Wildman–Crippen LogP) is 6.41. The highest BCUT2D eigenvalue weighted by atomic mass is 32.2. The Hall–Kier alpha value is -2.49. The van der Waals surface area contributed by atoms with Crippen molar-refractivity contribution in [3.05, 3.63) is 83.7 Å². The molecule has 1 N–H and O–H groups in total. The zero-order chi connectivity index (χ0) is 21.1. The van der Waals surface area contributed by atoms with Crippen LogP contribution in [0.2, 0.25) is 0 Å². The Bertz CT molecular complexity index is 894. The summed E-state index contributed by atoms with van der Waals surface area (Å²) in [6, 6.07) is 7.77. The van der Waals surface area contributed by atoms with E-state index in [0.717, 1.165) is 30.0 Å². The summed E-state index contributed by atoms with van der Waals surface area (Å²) in [6.45, 7) is 4.49. The third-order valence-corrected chi connectivity index (χ3v) is 4.80. The Balaban J connectivity index is 2.05. The average Bonchev–Trinajstić information content (AvgIpc) is 2.69. The van der Waals surface area contributed by atoms with Gasteiger partial charge in [-0.25, -0.2) is 0 Å². The van der Waals surface area contributed by atoms with Gasteiger partial charge in [-0.1, -0.05) is 37.0 Å². The molecular formula is C23H23F3N2S. The molecule has 2 nitrogen and oxygen atoms in total. The van der Waals surface area contributed by atoms with E-state index in [9.17, 15) is 13.2 Å². The van der Waals surface area contributed by atoms with Crippen LogP contribution in [0.15, 0.2) is 71.9 Å². The Labute approximate surface area is 174 Å². The van der Waals surface area contributed by atoms with Gasteiger partial charge in [0.15, 0.2) is 0 Å². The van der Waals surface area contributed by atoms with Crippen molar-refractivity contribution >= 4 is 11.9 Å². The van der Waals surface area contributed by atoms with Crippen LogP contribution in [0.1, 0.15) is 37.0 Å². The van der Waals surface area contributed by atoms with E-state index in [1.165, 1.54) is 6.07 Å². The Morgan fingerprint density at radius 2 is 1.97 bits per heavy atom. The fourth-order valence-corrected chi connectivity index (χ4v) is 3.30. The summed E-state index contributed by atoms with van der Waals surface area (Å²) < 4.78 is 43.4. The Morgan fingerprint density at radius 3 is 2.66 bits per heavy atom. The molecule has 0 aliphatic rings. The maximum absolute atomic E-state index is 13.5. The summed E-state index contributed by atoms with van der Waals surface area (Å²) in [5, 5.41) is 0. The number of hydrogen-bond acceptors (Lipinski definition) is 3. The van der Waals surface area contributed by atoms with Crippen molar-refractivity contribution < 1.29 is 13.2 Å². The number of hydrogen-bond donors (Lipinski definition) is 1. The smallest absolute Gasteiger partial charge is 0.265 e. The SMILES string of the molecule is C/C=C\C(C)C/C=C/C#Cc1ccc(SNCc2ccncc2)c(C(F)(F)F)c1. The lowest BCUT2D eigenvalue weighted by Gasteiger charge is -2.13. The molecule has 0 saturated carbocycles. The molecule has 1 aromatic carbocycles. The number of aromatic nitrogens is 1. The number of benzene rings is 1. The number of halogens is 3. The molecular weight excluding hydrogens is 393 g/mol. The second-order valence-electron chi connectivity index (χ2n) is 6.40. The van der Waals surface area contributed by atoms with E-state index < -0.39 is 11.7 Å². The average molecular weight is 417 g/mol. The number of alkyl halides is 3. The lowest BCUT2D eigenvalue weighted by molar-refractivity contribution is -0.139. The van der Waals surface area contributed by atoms with Gasteiger partial charge < -0.3 is 0 Å². The first kappa shape index (κ1) is 22.8. The van der Waals surface area contributed by atoms with Crippen LogP contribution in [0.25, 0.3) is 0 Å². The molecule has 2 aromatic rings. The highest BCUT2D eigenvalue weighted by Gasteiger charge is 2.33. The Morgan fingerprint density at radius 1 is 1.21 bits per heavy atom. The minimum Gasteiger partial charge on any atom is -0.265 e. The number of allylic oxidation sites excluding steroid dienone is 4. The topological polar surface area (TPSA) is 24.9 Å². The van der Waals surface area contributed by atoms with Gasteiger partial charge in [0.05, 0.1) is 5.56 Å². The molecule has 0 amide bonds. The summed E-state index contributed by atoms with van der Waals surface area (Å²) in [5.41, 5.74) is 0.586. The molecule has 0 spiro atoms. The maximum atomic E-state index is 13.5. The van der Waals surface area contributed by atoms with Crippen LogP contribution in [-0.2, 0) is 12.7 Å². The third-order valence-electron chi connectivity index (χ3n) is 3.94. The molecule has 152 valence electrons. The van der Waals surface area contributed by atoms with Gasteiger partial charge in [-0.05, 0) is 73.2 Å². The lowest BCUT2D eigenvalue weighted by Crippen LogP contribution is -2.10. The molecule has 0 fully saturated rings. The van der Waals surface area contributed by atoms with Gasteiger partial charge in [-0.15, -0.1) is 0 Å². The van der Waals surface area contributed by atoms with E-state index >= 15 is 0 Å². The molecule has 1 heterocycles. The van der Waals surface area contributed by atoms with E-state index in [-0.39, 0.29) is 4.90 Å². The molecule has 29 heavy (non-hydrogen) atoms. The van der Waals surface area contributed by atoms with E-state index in [2.05, 4.69) is 34.5 Å². The summed E-state index contributed by atoms with van der Waals surface area (Å²) in [7, 11) is 0. The first-order valence-corrected chi connectivity index (χ1v) is 10.0. The van der Waals surface area contributed by atoms with Crippen LogP contribution in [0.3, 0.4) is 0 Å². The molecule has 1 atom stereocenters. The summed E-state index contributed by atoms with van der Waals surface area (Å²) in [5.74, 6) is 6.00. The fourth-order valence-electron chi connectivity index (χ4n) is 2.49. The first-order chi connectivity index (χ1) is 13.9.